The van der Waals surface area contributed by atoms with Crippen LogP contribution in [0.3, 0.4) is 0 Å². The molecule has 0 aromatic rings. The molecule has 0 amide bonds. The SMILES string of the molecule is CCCCCCC(O)NC(O)CCCCC. The van der Waals surface area contributed by atoms with Crippen molar-refractivity contribution in [3.05, 3.63) is 0 Å². The topological polar surface area (TPSA) is 52.5 Å². The van der Waals surface area contributed by atoms with Crippen molar-refractivity contribution in [2.75, 3.05) is 0 Å². The Bertz CT molecular complexity index is 142. The highest BCUT2D eigenvalue weighted by Gasteiger charge is 2.09. The molecule has 16 heavy (non-hydrogen) atoms. The van der Waals surface area contributed by atoms with E-state index < -0.39 is 12.5 Å². The summed E-state index contributed by atoms with van der Waals surface area (Å²) in [4.78, 5) is 0. The van der Waals surface area contributed by atoms with Crippen molar-refractivity contribution in [3.8, 4) is 0 Å². The molecule has 98 valence electrons. The zero-order valence-corrected chi connectivity index (χ0v) is 10.9. The van der Waals surface area contributed by atoms with Crippen LogP contribution in [0.4, 0.5) is 0 Å². The normalized spacial score (nSPS) is 15.0. The fraction of sp³-hybridized carbons (Fsp3) is 1.00. The highest BCUT2D eigenvalue weighted by molar-refractivity contribution is 4.58. The Labute approximate surface area is 100 Å². The fourth-order valence-electron chi connectivity index (χ4n) is 1.74. The number of unbranched alkanes of at least 4 members (excludes halogenated alkanes) is 5. The standard InChI is InChI=1S/C13H29NO2/c1-3-5-7-9-11-13(16)14-12(15)10-8-6-4-2/h12-16H,3-11H2,1-2H3. The van der Waals surface area contributed by atoms with Gasteiger partial charge in [-0.05, 0) is 25.7 Å². The third-order valence-corrected chi connectivity index (χ3v) is 2.80. The molecular weight excluding hydrogens is 202 g/mol. The number of hydrogen-bond acceptors (Lipinski definition) is 3. The van der Waals surface area contributed by atoms with Gasteiger partial charge in [-0.1, -0.05) is 46.0 Å². The molecule has 2 atom stereocenters. The smallest absolute Gasteiger partial charge is 0.106 e. The van der Waals surface area contributed by atoms with Crippen LogP contribution in [0.2, 0.25) is 0 Å². The van der Waals surface area contributed by atoms with Gasteiger partial charge < -0.3 is 10.2 Å². The summed E-state index contributed by atoms with van der Waals surface area (Å²) in [5.74, 6) is 0. The Morgan fingerprint density at radius 1 is 0.750 bits per heavy atom. The molecule has 0 fully saturated rings. The summed E-state index contributed by atoms with van der Waals surface area (Å²) in [7, 11) is 0. The van der Waals surface area contributed by atoms with Gasteiger partial charge in [0.1, 0.15) is 12.5 Å². The van der Waals surface area contributed by atoms with Gasteiger partial charge in [0.2, 0.25) is 0 Å². The van der Waals surface area contributed by atoms with Crippen LogP contribution in [-0.2, 0) is 0 Å². The molecule has 0 aromatic heterocycles. The predicted molar refractivity (Wildman–Crippen MR) is 68.1 cm³/mol. The van der Waals surface area contributed by atoms with E-state index in [1.165, 1.54) is 19.3 Å². The quantitative estimate of drug-likeness (QED) is 0.378. The molecule has 0 saturated carbocycles. The van der Waals surface area contributed by atoms with Crippen LogP contribution in [0.1, 0.15) is 71.6 Å². The monoisotopic (exact) mass is 231 g/mol. The van der Waals surface area contributed by atoms with Crippen molar-refractivity contribution >= 4 is 0 Å². The molecule has 3 N–H and O–H groups in total. The van der Waals surface area contributed by atoms with E-state index in [0.29, 0.717) is 0 Å². The van der Waals surface area contributed by atoms with E-state index in [1.807, 2.05) is 0 Å². The minimum absolute atomic E-state index is 0.548. The van der Waals surface area contributed by atoms with Gasteiger partial charge in [-0.15, -0.1) is 0 Å². The molecule has 3 nitrogen and oxygen atoms in total. The first-order valence-electron chi connectivity index (χ1n) is 6.82. The predicted octanol–water partition coefficient (Wildman–Crippen LogP) is 2.76. The summed E-state index contributed by atoms with van der Waals surface area (Å²) in [5, 5.41) is 22.0. The van der Waals surface area contributed by atoms with Gasteiger partial charge >= 0.3 is 0 Å². The first-order valence-corrected chi connectivity index (χ1v) is 6.82. The minimum Gasteiger partial charge on any atom is -0.379 e. The van der Waals surface area contributed by atoms with Gasteiger partial charge in [-0.2, -0.15) is 0 Å². The Morgan fingerprint density at radius 3 is 1.69 bits per heavy atom. The van der Waals surface area contributed by atoms with Crippen molar-refractivity contribution < 1.29 is 10.2 Å². The molecule has 0 saturated heterocycles. The molecule has 0 rings (SSSR count). The largest absolute Gasteiger partial charge is 0.379 e. The van der Waals surface area contributed by atoms with Gasteiger partial charge in [0, 0.05) is 0 Å². The van der Waals surface area contributed by atoms with Gasteiger partial charge in [-0.25, -0.2) is 0 Å². The van der Waals surface area contributed by atoms with Gasteiger partial charge in [-0.3, -0.25) is 5.32 Å². The van der Waals surface area contributed by atoms with Gasteiger partial charge in [0.05, 0.1) is 0 Å². The summed E-state index contributed by atoms with van der Waals surface area (Å²) >= 11 is 0. The van der Waals surface area contributed by atoms with E-state index in [0.717, 1.165) is 38.5 Å². The molecule has 0 aromatic carbocycles. The first-order chi connectivity index (χ1) is 7.70. The average molecular weight is 231 g/mol. The van der Waals surface area contributed by atoms with E-state index in [1.54, 1.807) is 0 Å². The number of aliphatic hydroxyl groups is 2. The van der Waals surface area contributed by atoms with E-state index in [9.17, 15) is 10.2 Å². The van der Waals surface area contributed by atoms with Crippen LogP contribution < -0.4 is 5.32 Å². The molecule has 0 radical (unpaired) electrons. The number of hydrogen-bond donors (Lipinski definition) is 3. The maximum atomic E-state index is 9.60. The summed E-state index contributed by atoms with van der Waals surface area (Å²) in [6, 6.07) is 0. The molecular formula is C13H29NO2. The zero-order valence-electron chi connectivity index (χ0n) is 10.9. The lowest BCUT2D eigenvalue weighted by molar-refractivity contribution is 0.0311. The van der Waals surface area contributed by atoms with Gasteiger partial charge in [0.15, 0.2) is 0 Å². The third kappa shape index (κ3) is 10.4. The fourth-order valence-corrected chi connectivity index (χ4v) is 1.74. The van der Waals surface area contributed by atoms with Crippen molar-refractivity contribution in [3.63, 3.8) is 0 Å². The second kappa shape index (κ2) is 11.4. The maximum Gasteiger partial charge on any atom is 0.106 e. The summed E-state index contributed by atoms with van der Waals surface area (Å²) in [6.07, 6.45) is 8.34. The van der Waals surface area contributed by atoms with Crippen LogP contribution in [0.15, 0.2) is 0 Å². The Kier molecular flexibility index (Phi) is 11.3. The second-order valence-electron chi connectivity index (χ2n) is 4.54. The van der Waals surface area contributed by atoms with Crippen molar-refractivity contribution in [2.45, 2.75) is 84.1 Å². The van der Waals surface area contributed by atoms with E-state index in [2.05, 4.69) is 19.2 Å². The molecule has 2 unspecified atom stereocenters. The molecule has 0 spiro atoms. The average Bonchev–Trinajstić information content (AvgIpc) is 2.25. The number of nitrogens with one attached hydrogen (secondary N) is 1. The van der Waals surface area contributed by atoms with E-state index in [-0.39, 0.29) is 0 Å². The lowest BCUT2D eigenvalue weighted by Gasteiger charge is -2.17. The maximum absolute atomic E-state index is 9.60. The minimum atomic E-state index is -0.548. The van der Waals surface area contributed by atoms with E-state index >= 15 is 0 Å². The van der Waals surface area contributed by atoms with Gasteiger partial charge in [0.25, 0.3) is 0 Å². The van der Waals surface area contributed by atoms with Crippen molar-refractivity contribution in [1.82, 2.24) is 5.32 Å². The van der Waals surface area contributed by atoms with Crippen LogP contribution >= 0.6 is 0 Å². The molecule has 0 heterocycles. The number of aliphatic hydroxyl groups excluding tert-OH is 2. The van der Waals surface area contributed by atoms with Crippen LogP contribution in [0.5, 0.6) is 0 Å². The van der Waals surface area contributed by atoms with E-state index in [4.69, 9.17) is 0 Å². The lowest BCUT2D eigenvalue weighted by atomic mass is 10.1. The second-order valence-corrected chi connectivity index (χ2v) is 4.54. The Balaban J connectivity index is 3.35. The van der Waals surface area contributed by atoms with Crippen molar-refractivity contribution in [2.24, 2.45) is 0 Å². The van der Waals surface area contributed by atoms with Crippen LogP contribution in [0.25, 0.3) is 0 Å². The van der Waals surface area contributed by atoms with Crippen LogP contribution in [-0.4, -0.2) is 22.7 Å². The highest BCUT2D eigenvalue weighted by Crippen LogP contribution is 2.06. The lowest BCUT2D eigenvalue weighted by Crippen LogP contribution is -2.38. The number of rotatable bonds is 11. The summed E-state index contributed by atoms with van der Waals surface area (Å²) in [6.45, 7) is 4.31. The zero-order chi connectivity index (χ0) is 12.2. The Morgan fingerprint density at radius 2 is 1.19 bits per heavy atom. The van der Waals surface area contributed by atoms with Crippen LogP contribution in [0, 0.1) is 0 Å². The summed E-state index contributed by atoms with van der Waals surface area (Å²) < 4.78 is 0. The molecule has 3 heteroatoms. The summed E-state index contributed by atoms with van der Waals surface area (Å²) in [5.41, 5.74) is 0. The molecule has 0 bridgehead atoms. The molecule has 0 aliphatic rings. The first kappa shape index (κ1) is 15.9. The van der Waals surface area contributed by atoms with Crippen molar-refractivity contribution in [1.29, 1.82) is 0 Å². The Hall–Kier alpha value is -0.120. The highest BCUT2D eigenvalue weighted by atomic mass is 16.3. The third-order valence-electron chi connectivity index (χ3n) is 2.80. The molecule has 0 aliphatic heterocycles. The molecule has 0 aliphatic carbocycles.